The number of ether oxygens (including phenoxy) is 1. The molecule has 0 radical (unpaired) electrons. The number of nitrogens with zero attached hydrogens (tertiary/aromatic N) is 2. The van der Waals surface area contributed by atoms with Gasteiger partial charge in [0.05, 0.1) is 12.3 Å². The lowest BCUT2D eigenvalue weighted by atomic mass is 10.2. The second kappa shape index (κ2) is 6.29. The Morgan fingerprint density at radius 1 is 1.14 bits per heavy atom. The fraction of sp³-hybridized carbons (Fsp3) is 0.231. The van der Waals surface area contributed by atoms with Gasteiger partial charge in [-0.05, 0) is 6.42 Å². The lowest BCUT2D eigenvalue weighted by Crippen LogP contribution is -2.07. The third-order valence-corrected chi connectivity index (χ3v) is 2.55. The van der Waals surface area contributed by atoms with Crippen LogP contribution in [-0.4, -0.2) is 16.6 Å². The number of nitrogens with two attached hydrogens (primary N) is 1. The van der Waals surface area contributed by atoms with Crippen molar-refractivity contribution in [2.24, 2.45) is 0 Å². The minimum Gasteiger partial charge on any atom is -0.476 e. The molecule has 0 unspecified atom stereocenters. The van der Waals surface area contributed by atoms with E-state index in [9.17, 15) is 13.2 Å². The summed E-state index contributed by atoms with van der Waals surface area (Å²) < 4.78 is 44.9. The van der Waals surface area contributed by atoms with Gasteiger partial charge in [-0.3, -0.25) is 0 Å². The SMILES string of the molecule is CCCOc1ncnc(Nc2cc(F)c(F)cc2F)c1N. The van der Waals surface area contributed by atoms with E-state index in [4.69, 9.17) is 10.5 Å². The minimum absolute atomic E-state index is 0.0426. The molecule has 0 aliphatic rings. The first kappa shape index (κ1) is 14.9. The topological polar surface area (TPSA) is 73.1 Å². The number of nitrogens with one attached hydrogen (secondary N) is 1. The Balaban J connectivity index is 2.29. The van der Waals surface area contributed by atoms with Crippen LogP contribution in [0.2, 0.25) is 0 Å². The van der Waals surface area contributed by atoms with Gasteiger partial charge in [-0.2, -0.15) is 4.98 Å². The Morgan fingerprint density at radius 3 is 2.57 bits per heavy atom. The first-order chi connectivity index (χ1) is 10.0. The van der Waals surface area contributed by atoms with E-state index in [2.05, 4.69) is 15.3 Å². The maximum atomic E-state index is 13.6. The van der Waals surface area contributed by atoms with E-state index in [1.165, 1.54) is 6.33 Å². The highest BCUT2D eigenvalue weighted by molar-refractivity contribution is 5.72. The Labute approximate surface area is 119 Å². The molecule has 0 bridgehead atoms. The smallest absolute Gasteiger partial charge is 0.242 e. The summed E-state index contributed by atoms with van der Waals surface area (Å²) in [5, 5.41) is 2.49. The van der Waals surface area contributed by atoms with Crippen molar-refractivity contribution in [3.63, 3.8) is 0 Å². The molecule has 0 aliphatic carbocycles. The molecule has 0 spiro atoms. The van der Waals surface area contributed by atoms with Crippen molar-refractivity contribution in [3.8, 4) is 5.88 Å². The number of hydrogen-bond acceptors (Lipinski definition) is 5. The maximum Gasteiger partial charge on any atom is 0.242 e. The number of rotatable bonds is 5. The average Bonchev–Trinajstić information content (AvgIpc) is 2.45. The van der Waals surface area contributed by atoms with Gasteiger partial charge in [-0.15, -0.1) is 0 Å². The molecule has 21 heavy (non-hydrogen) atoms. The maximum absolute atomic E-state index is 13.6. The molecule has 0 amide bonds. The van der Waals surface area contributed by atoms with Crippen LogP contribution in [0, 0.1) is 17.5 Å². The Kier molecular flexibility index (Phi) is 4.46. The summed E-state index contributed by atoms with van der Waals surface area (Å²) in [7, 11) is 0. The van der Waals surface area contributed by atoms with Crippen LogP contribution >= 0.6 is 0 Å². The van der Waals surface area contributed by atoms with E-state index in [1.807, 2.05) is 6.92 Å². The van der Waals surface area contributed by atoms with Gasteiger partial charge in [0.1, 0.15) is 17.8 Å². The van der Waals surface area contributed by atoms with Crippen LogP contribution in [0.3, 0.4) is 0 Å². The molecule has 0 fully saturated rings. The number of benzene rings is 1. The highest BCUT2D eigenvalue weighted by atomic mass is 19.2. The molecule has 1 heterocycles. The van der Waals surface area contributed by atoms with Crippen molar-refractivity contribution < 1.29 is 17.9 Å². The normalized spacial score (nSPS) is 10.5. The first-order valence-electron chi connectivity index (χ1n) is 6.17. The lowest BCUT2D eigenvalue weighted by Gasteiger charge is -2.12. The predicted octanol–water partition coefficient (Wildman–Crippen LogP) is 3.01. The van der Waals surface area contributed by atoms with E-state index in [-0.39, 0.29) is 23.1 Å². The average molecular weight is 298 g/mol. The predicted molar refractivity (Wildman–Crippen MR) is 71.8 cm³/mol. The molecule has 3 N–H and O–H groups in total. The van der Waals surface area contributed by atoms with Crippen LogP contribution in [0.15, 0.2) is 18.5 Å². The standard InChI is InChI=1S/C13H13F3N4O/c1-2-3-21-13-11(17)12(18-6-19-13)20-10-5-8(15)7(14)4-9(10)16/h4-6H,2-3,17H2,1H3,(H,18,19,20). The Morgan fingerprint density at radius 2 is 1.86 bits per heavy atom. The zero-order chi connectivity index (χ0) is 15.4. The van der Waals surface area contributed by atoms with Gasteiger partial charge in [-0.25, -0.2) is 18.2 Å². The highest BCUT2D eigenvalue weighted by Gasteiger charge is 2.14. The van der Waals surface area contributed by atoms with Crippen LogP contribution in [0.1, 0.15) is 13.3 Å². The summed E-state index contributed by atoms with van der Waals surface area (Å²) in [6.45, 7) is 2.31. The lowest BCUT2D eigenvalue weighted by molar-refractivity contribution is 0.307. The van der Waals surface area contributed by atoms with Crippen LogP contribution in [-0.2, 0) is 0 Å². The van der Waals surface area contributed by atoms with Crippen molar-refractivity contribution >= 4 is 17.2 Å². The monoisotopic (exact) mass is 298 g/mol. The quantitative estimate of drug-likeness (QED) is 0.830. The number of aromatic nitrogens is 2. The molecular formula is C13H13F3N4O. The summed E-state index contributed by atoms with van der Waals surface area (Å²) in [6.07, 6.45) is 1.92. The van der Waals surface area contributed by atoms with Crippen molar-refractivity contribution in [2.75, 3.05) is 17.7 Å². The van der Waals surface area contributed by atoms with Gasteiger partial charge in [0.2, 0.25) is 5.88 Å². The summed E-state index contributed by atoms with van der Waals surface area (Å²) in [5.74, 6) is -3.25. The molecule has 5 nitrogen and oxygen atoms in total. The Bertz CT molecular complexity index is 652. The zero-order valence-electron chi connectivity index (χ0n) is 11.2. The van der Waals surface area contributed by atoms with Crippen LogP contribution in [0.4, 0.5) is 30.4 Å². The molecule has 0 saturated carbocycles. The second-order valence-corrected chi connectivity index (χ2v) is 4.16. The minimum atomic E-state index is -1.28. The van der Waals surface area contributed by atoms with Gasteiger partial charge < -0.3 is 15.8 Å². The van der Waals surface area contributed by atoms with E-state index >= 15 is 0 Å². The van der Waals surface area contributed by atoms with Gasteiger partial charge in [0, 0.05) is 12.1 Å². The van der Waals surface area contributed by atoms with Crippen molar-refractivity contribution in [1.82, 2.24) is 9.97 Å². The molecule has 2 rings (SSSR count). The number of halogens is 3. The molecule has 8 heteroatoms. The highest BCUT2D eigenvalue weighted by Crippen LogP contribution is 2.29. The molecule has 0 aliphatic heterocycles. The molecule has 1 aromatic heterocycles. The van der Waals surface area contributed by atoms with E-state index in [0.29, 0.717) is 18.7 Å². The molecule has 0 atom stereocenters. The summed E-state index contributed by atoms with van der Waals surface area (Å²) in [5.41, 5.74) is 5.55. The zero-order valence-corrected chi connectivity index (χ0v) is 11.2. The third-order valence-electron chi connectivity index (χ3n) is 2.55. The van der Waals surface area contributed by atoms with Gasteiger partial charge >= 0.3 is 0 Å². The van der Waals surface area contributed by atoms with Crippen LogP contribution < -0.4 is 15.8 Å². The largest absolute Gasteiger partial charge is 0.476 e. The molecule has 2 aromatic rings. The summed E-state index contributed by atoms with van der Waals surface area (Å²) >= 11 is 0. The Hall–Kier alpha value is -2.51. The molecule has 112 valence electrons. The van der Waals surface area contributed by atoms with E-state index in [1.54, 1.807) is 0 Å². The van der Waals surface area contributed by atoms with Gasteiger partial charge in [0.25, 0.3) is 0 Å². The van der Waals surface area contributed by atoms with Gasteiger partial charge in [0.15, 0.2) is 17.5 Å². The van der Waals surface area contributed by atoms with Crippen molar-refractivity contribution in [3.05, 3.63) is 35.9 Å². The molecular weight excluding hydrogens is 285 g/mol. The van der Waals surface area contributed by atoms with Crippen molar-refractivity contribution in [2.45, 2.75) is 13.3 Å². The van der Waals surface area contributed by atoms with E-state index < -0.39 is 17.5 Å². The number of anilines is 3. The summed E-state index contributed by atoms with van der Waals surface area (Å²) in [4.78, 5) is 7.67. The summed E-state index contributed by atoms with van der Waals surface area (Å²) in [6, 6.07) is 1.11. The van der Waals surface area contributed by atoms with E-state index in [0.717, 1.165) is 6.42 Å². The number of nitrogen functional groups attached to an aromatic ring is 1. The second-order valence-electron chi connectivity index (χ2n) is 4.16. The molecule has 0 saturated heterocycles. The van der Waals surface area contributed by atoms with Crippen molar-refractivity contribution in [1.29, 1.82) is 0 Å². The van der Waals surface area contributed by atoms with Gasteiger partial charge in [-0.1, -0.05) is 6.92 Å². The fourth-order valence-electron chi connectivity index (χ4n) is 1.54. The van der Waals surface area contributed by atoms with Crippen LogP contribution in [0.25, 0.3) is 0 Å². The number of hydrogen-bond donors (Lipinski definition) is 2. The molecule has 1 aromatic carbocycles. The first-order valence-corrected chi connectivity index (χ1v) is 6.17. The fourth-order valence-corrected chi connectivity index (χ4v) is 1.54. The third kappa shape index (κ3) is 3.33. The van der Waals surface area contributed by atoms with Crippen LogP contribution in [0.5, 0.6) is 5.88 Å².